The largest absolute Gasteiger partial charge is 0.435 e. The minimum absolute atomic E-state index is 0.203. The van der Waals surface area contributed by atoms with Gasteiger partial charge in [0.25, 0.3) is 5.91 Å². The zero-order valence-corrected chi connectivity index (χ0v) is 17.1. The molecule has 0 unspecified atom stereocenters. The van der Waals surface area contributed by atoms with Gasteiger partial charge in [0.05, 0.1) is 24.7 Å². The Morgan fingerprint density at radius 2 is 1.93 bits per heavy atom. The lowest BCUT2D eigenvalue weighted by molar-refractivity contribution is -0.396. The number of rotatable bonds is 9. The van der Waals surface area contributed by atoms with Gasteiger partial charge >= 0.3 is 5.95 Å². The van der Waals surface area contributed by atoms with Crippen molar-refractivity contribution in [3.63, 3.8) is 0 Å². The molecule has 1 aromatic carbocycles. The average molecular weight is 437 g/mol. The fourth-order valence-electron chi connectivity index (χ4n) is 3.16. The fraction of sp³-hybridized carbons (Fsp3) is 0.444. The molecule has 0 radical (unpaired) electrons. The molecule has 2 heterocycles. The third-order valence-corrected chi connectivity index (χ3v) is 5.47. The summed E-state index contributed by atoms with van der Waals surface area (Å²) in [6.07, 6.45) is 1.94. The first-order valence-corrected chi connectivity index (χ1v) is 10.6. The number of nitrogens with one attached hydrogen (secondary N) is 1. The molecule has 12 heteroatoms. The van der Waals surface area contributed by atoms with Crippen molar-refractivity contribution in [2.45, 2.75) is 24.4 Å². The maximum absolute atomic E-state index is 12.4. The lowest BCUT2D eigenvalue weighted by Crippen LogP contribution is -2.37. The molecule has 1 saturated heterocycles. The Hall–Kier alpha value is -2.83. The van der Waals surface area contributed by atoms with Gasteiger partial charge in [-0.05, 0) is 29.0 Å². The van der Waals surface area contributed by atoms with Gasteiger partial charge in [-0.2, -0.15) is 0 Å². The molecule has 1 fully saturated rings. The Kier molecular flexibility index (Phi) is 7.49. The number of aromatic nitrogens is 2. The van der Waals surface area contributed by atoms with E-state index in [0.717, 1.165) is 5.56 Å². The highest BCUT2D eigenvalue weighted by Gasteiger charge is 2.25. The van der Waals surface area contributed by atoms with Crippen LogP contribution in [0.5, 0.6) is 0 Å². The third kappa shape index (κ3) is 5.84. The number of ether oxygens (including phenoxy) is 1. The molecule has 0 saturated carbocycles. The lowest BCUT2D eigenvalue weighted by Gasteiger charge is -2.25. The Balaban J connectivity index is 1.58. The van der Waals surface area contributed by atoms with Gasteiger partial charge in [0.2, 0.25) is 0 Å². The highest BCUT2D eigenvalue weighted by molar-refractivity contribution is 7.72. The standard InChI is InChI=1S/C18H23N5O6S/c24-17(19-6-5-14-1-3-16(4-2-14)30(27)28)13-22-15(11-20-18(22)23(25)26)12-21-7-9-29-10-8-21/h1-4,11,30H,5-10,12-13H2,(H,19,24). The molecule has 11 nitrogen and oxygen atoms in total. The summed E-state index contributed by atoms with van der Waals surface area (Å²) in [5.74, 6) is -0.727. The van der Waals surface area contributed by atoms with Gasteiger partial charge < -0.3 is 20.2 Å². The van der Waals surface area contributed by atoms with E-state index in [1.807, 2.05) is 0 Å². The van der Waals surface area contributed by atoms with Gasteiger partial charge in [0.1, 0.15) is 11.9 Å². The number of carbonyl (C=O) groups excluding carboxylic acids is 1. The smallest absolute Gasteiger partial charge is 0.390 e. The molecule has 2 aromatic rings. The molecule has 0 bridgehead atoms. The maximum Gasteiger partial charge on any atom is 0.435 e. The number of carbonyl (C=O) groups is 1. The first kappa shape index (κ1) is 21.9. The van der Waals surface area contributed by atoms with E-state index >= 15 is 0 Å². The number of thiol groups is 1. The van der Waals surface area contributed by atoms with E-state index in [1.54, 1.807) is 12.1 Å². The van der Waals surface area contributed by atoms with Gasteiger partial charge in [-0.25, -0.2) is 13.0 Å². The maximum atomic E-state index is 12.4. The van der Waals surface area contributed by atoms with Gasteiger partial charge in [0.15, 0.2) is 17.2 Å². The second-order valence-electron chi connectivity index (χ2n) is 6.80. The summed E-state index contributed by atoms with van der Waals surface area (Å²) in [7, 11) is -2.62. The number of hydrogen-bond acceptors (Lipinski definition) is 8. The van der Waals surface area contributed by atoms with Crippen molar-refractivity contribution >= 4 is 22.6 Å². The van der Waals surface area contributed by atoms with Crippen molar-refractivity contribution in [1.82, 2.24) is 19.8 Å². The Morgan fingerprint density at radius 1 is 1.23 bits per heavy atom. The van der Waals surface area contributed by atoms with E-state index in [9.17, 15) is 23.3 Å². The summed E-state index contributed by atoms with van der Waals surface area (Å²) in [6, 6.07) is 6.40. The molecular weight excluding hydrogens is 414 g/mol. The van der Waals surface area contributed by atoms with Crippen molar-refractivity contribution < 1.29 is 22.9 Å². The van der Waals surface area contributed by atoms with E-state index in [1.165, 1.54) is 22.9 Å². The van der Waals surface area contributed by atoms with Gasteiger partial charge in [-0.3, -0.25) is 9.69 Å². The predicted octanol–water partition coefficient (Wildman–Crippen LogP) is -0.0473. The van der Waals surface area contributed by atoms with Crippen LogP contribution < -0.4 is 5.32 Å². The SMILES string of the molecule is O=C(Cn1c(CN2CCOCC2)cnc1[N+](=O)[O-])NCCc1ccc([SH](=O)=O)cc1. The molecule has 0 aliphatic carbocycles. The van der Waals surface area contributed by atoms with Gasteiger partial charge in [-0.1, -0.05) is 17.1 Å². The zero-order valence-electron chi connectivity index (χ0n) is 16.2. The topological polar surface area (TPSA) is 137 Å². The number of amides is 1. The van der Waals surface area contributed by atoms with E-state index < -0.39 is 15.6 Å². The quantitative estimate of drug-likeness (QED) is 0.317. The van der Waals surface area contributed by atoms with Crippen LogP contribution in [0.25, 0.3) is 0 Å². The summed E-state index contributed by atoms with van der Waals surface area (Å²) in [4.78, 5) is 29.3. The molecule has 1 aromatic heterocycles. The number of morpholine rings is 1. The monoisotopic (exact) mass is 437 g/mol. The molecular formula is C18H23N5O6S. The summed E-state index contributed by atoms with van der Waals surface area (Å²) in [5.41, 5.74) is 1.47. The number of nitro groups is 1. The van der Waals surface area contributed by atoms with E-state index in [0.29, 0.717) is 51.5 Å². The first-order chi connectivity index (χ1) is 14.4. The van der Waals surface area contributed by atoms with Crippen LogP contribution in [0.3, 0.4) is 0 Å². The van der Waals surface area contributed by atoms with Crippen LogP contribution in [-0.2, 0) is 39.7 Å². The number of nitrogens with zero attached hydrogens (tertiary/aromatic N) is 4. The summed E-state index contributed by atoms with van der Waals surface area (Å²) in [5, 5.41) is 14.0. The zero-order chi connectivity index (χ0) is 21.5. The summed E-state index contributed by atoms with van der Waals surface area (Å²) < 4.78 is 28.5. The van der Waals surface area contributed by atoms with Crippen LogP contribution in [0.1, 0.15) is 11.3 Å². The molecule has 0 spiro atoms. The van der Waals surface area contributed by atoms with Crippen LogP contribution >= 0.6 is 0 Å². The first-order valence-electron chi connectivity index (χ1n) is 9.43. The van der Waals surface area contributed by atoms with Crippen LogP contribution in [0.4, 0.5) is 5.95 Å². The fourth-order valence-corrected chi connectivity index (χ4v) is 3.56. The van der Waals surface area contributed by atoms with Crippen LogP contribution in [0.15, 0.2) is 35.4 Å². The minimum atomic E-state index is -2.62. The van der Waals surface area contributed by atoms with Crippen molar-refractivity contribution in [1.29, 1.82) is 0 Å². The summed E-state index contributed by atoms with van der Waals surface area (Å²) >= 11 is 0. The number of imidazole rings is 1. The number of benzene rings is 1. The highest BCUT2D eigenvalue weighted by atomic mass is 32.2. The van der Waals surface area contributed by atoms with Crippen molar-refractivity contribution in [3.8, 4) is 0 Å². The van der Waals surface area contributed by atoms with E-state index in [2.05, 4.69) is 15.2 Å². The molecule has 162 valence electrons. The second kappa shape index (κ2) is 10.3. The van der Waals surface area contributed by atoms with E-state index in [-0.39, 0.29) is 23.3 Å². The summed E-state index contributed by atoms with van der Waals surface area (Å²) in [6.45, 7) is 3.20. The van der Waals surface area contributed by atoms with Crippen LogP contribution in [0, 0.1) is 10.1 Å². The Bertz CT molecular complexity index is 958. The average Bonchev–Trinajstić information content (AvgIpc) is 3.11. The minimum Gasteiger partial charge on any atom is -0.390 e. The molecule has 30 heavy (non-hydrogen) atoms. The van der Waals surface area contributed by atoms with Gasteiger partial charge in [-0.15, -0.1) is 0 Å². The van der Waals surface area contributed by atoms with Crippen LogP contribution in [-0.4, -0.2) is 66.5 Å². The molecule has 1 amide bonds. The lowest BCUT2D eigenvalue weighted by atomic mass is 10.1. The molecule has 1 N–H and O–H groups in total. The highest BCUT2D eigenvalue weighted by Crippen LogP contribution is 2.16. The van der Waals surface area contributed by atoms with Crippen molar-refractivity contribution in [2.75, 3.05) is 32.8 Å². The second-order valence-corrected chi connectivity index (χ2v) is 7.84. The van der Waals surface area contributed by atoms with Crippen molar-refractivity contribution in [2.24, 2.45) is 0 Å². The normalized spacial score (nSPS) is 14.7. The molecule has 1 aliphatic rings. The van der Waals surface area contributed by atoms with Crippen molar-refractivity contribution in [3.05, 3.63) is 51.8 Å². The Labute approximate surface area is 174 Å². The van der Waals surface area contributed by atoms with Crippen LogP contribution in [0.2, 0.25) is 0 Å². The third-order valence-electron chi connectivity index (χ3n) is 4.75. The Morgan fingerprint density at radius 3 is 2.57 bits per heavy atom. The predicted molar refractivity (Wildman–Crippen MR) is 107 cm³/mol. The molecule has 0 atom stereocenters. The molecule has 1 aliphatic heterocycles. The van der Waals surface area contributed by atoms with E-state index in [4.69, 9.17) is 4.74 Å². The number of hydrogen-bond donors (Lipinski definition) is 2. The molecule has 3 rings (SSSR count). The van der Waals surface area contributed by atoms with Gasteiger partial charge in [0, 0.05) is 19.6 Å².